The van der Waals surface area contributed by atoms with Gasteiger partial charge < -0.3 is 10.1 Å². The average Bonchev–Trinajstić information content (AvgIpc) is 3.07. The van der Waals surface area contributed by atoms with Crippen LogP contribution in [0, 0.1) is 6.92 Å². The van der Waals surface area contributed by atoms with Crippen molar-refractivity contribution >= 4 is 34.0 Å². The summed E-state index contributed by atoms with van der Waals surface area (Å²) in [6.07, 6.45) is 0. The fourth-order valence-corrected chi connectivity index (χ4v) is 4.14. The SMILES string of the molecule is Cc1nn2c(nc(NCc3ccccc3CN3CCOCC3)c3ccccc32)c1Cl. The van der Waals surface area contributed by atoms with Gasteiger partial charge >= 0.3 is 0 Å². The lowest BCUT2D eigenvalue weighted by Crippen LogP contribution is -2.35. The highest BCUT2D eigenvalue weighted by atomic mass is 35.5. The molecular weight excluding hydrogens is 398 g/mol. The zero-order valence-electron chi connectivity index (χ0n) is 16.9. The van der Waals surface area contributed by atoms with E-state index in [-0.39, 0.29) is 0 Å². The van der Waals surface area contributed by atoms with E-state index in [0.717, 1.165) is 55.3 Å². The maximum absolute atomic E-state index is 6.48. The Kier molecular flexibility index (Phi) is 5.29. The molecule has 0 atom stereocenters. The quantitative estimate of drug-likeness (QED) is 0.521. The normalized spacial score (nSPS) is 15.1. The lowest BCUT2D eigenvalue weighted by atomic mass is 10.1. The number of fused-ring (bicyclic) bond motifs is 3. The van der Waals surface area contributed by atoms with Crippen LogP contribution in [0.4, 0.5) is 5.82 Å². The van der Waals surface area contributed by atoms with Gasteiger partial charge in [-0.15, -0.1) is 0 Å². The monoisotopic (exact) mass is 421 g/mol. The van der Waals surface area contributed by atoms with Crippen molar-refractivity contribution in [2.75, 3.05) is 31.6 Å². The van der Waals surface area contributed by atoms with E-state index < -0.39 is 0 Å². The Morgan fingerprint density at radius 3 is 2.60 bits per heavy atom. The first-order valence-electron chi connectivity index (χ1n) is 10.2. The molecule has 0 saturated carbocycles. The lowest BCUT2D eigenvalue weighted by Gasteiger charge is -2.27. The van der Waals surface area contributed by atoms with Crippen LogP contribution in [0.3, 0.4) is 0 Å². The number of morpholine rings is 1. The zero-order valence-corrected chi connectivity index (χ0v) is 17.7. The third-order valence-corrected chi connectivity index (χ3v) is 6.07. The molecule has 2 aromatic carbocycles. The minimum atomic E-state index is 0.594. The van der Waals surface area contributed by atoms with Crippen molar-refractivity contribution in [3.05, 3.63) is 70.4 Å². The largest absolute Gasteiger partial charge is 0.379 e. The van der Waals surface area contributed by atoms with E-state index in [1.165, 1.54) is 11.1 Å². The van der Waals surface area contributed by atoms with Crippen LogP contribution in [0.15, 0.2) is 48.5 Å². The Morgan fingerprint density at radius 2 is 1.77 bits per heavy atom. The number of rotatable bonds is 5. The molecular formula is C23H24ClN5O. The number of halogens is 1. The standard InChI is InChI=1S/C23H24ClN5O/c1-16-21(24)23-26-22(19-8-4-5-9-20(19)29(23)27-16)25-14-17-6-2-3-7-18(17)15-28-10-12-30-13-11-28/h2-9H,10-15H2,1H3,(H,25,26). The van der Waals surface area contributed by atoms with Crippen molar-refractivity contribution < 1.29 is 4.74 Å². The number of aryl methyl sites for hydroxylation is 1. The van der Waals surface area contributed by atoms with Gasteiger partial charge in [-0.05, 0) is 30.2 Å². The van der Waals surface area contributed by atoms with E-state index in [0.29, 0.717) is 17.2 Å². The number of hydrogen-bond acceptors (Lipinski definition) is 5. The number of nitrogens with zero attached hydrogens (tertiary/aromatic N) is 4. The summed E-state index contributed by atoms with van der Waals surface area (Å²) < 4.78 is 7.30. The van der Waals surface area contributed by atoms with Crippen molar-refractivity contribution in [2.24, 2.45) is 0 Å². The Labute approximate surface area is 180 Å². The molecule has 6 nitrogen and oxygen atoms in total. The first kappa shape index (κ1) is 19.3. The van der Waals surface area contributed by atoms with Crippen LogP contribution in [0.25, 0.3) is 16.6 Å². The van der Waals surface area contributed by atoms with Crippen LogP contribution in [0.2, 0.25) is 5.02 Å². The first-order chi connectivity index (χ1) is 14.7. The summed E-state index contributed by atoms with van der Waals surface area (Å²) in [4.78, 5) is 7.26. The van der Waals surface area contributed by atoms with Crippen molar-refractivity contribution in [3.8, 4) is 0 Å². The predicted molar refractivity (Wildman–Crippen MR) is 120 cm³/mol. The molecule has 0 amide bonds. The highest BCUT2D eigenvalue weighted by Gasteiger charge is 2.16. The molecule has 1 N–H and O–H groups in total. The maximum Gasteiger partial charge on any atom is 0.176 e. The summed E-state index contributed by atoms with van der Waals surface area (Å²) in [7, 11) is 0. The van der Waals surface area contributed by atoms with Crippen LogP contribution in [-0.4, -0.2) is 45.8 Å². The smallest absolute Gasteiger partial charge is 0.176 e. The van der Waals surface area contributed by atoms with Crippen LogP contribution in [0.5, 0.6) is 0 Å². The van der Waals surface area contributed by atoms with E-state index in [4.69, 9.17) is 21.3 Å². The molecule has 7 heteroatoms. The highest BCUT2D eigenvalue weighted by molar-refractivity contribution is 6.34. The topological polar surface area (TPSA) is 54.7 Å². The number of para-hydroxylation sites is 1. The summed E-state index contributed by atoms with van der Waals surface area (Å²) in [5.41, 5.74) is 5.04. The van der Waals surface area contributed by atoms with Crippen molar-refractivity contribution in [2.45, 2.75) is 20.0 Å². The second-order valence-corrected chi connectivity index (χ2v) is 8.00. The second kappa shape index (κ2) is 8.22. The molecule has 0 spiro atoms. The van der Waals surface area contributed by atoms with E-state index in [2.05, 4.69) is 45.6 Å². The molecule has 1 saturated heterocycles. The third kappa shape index (κ3) is 3.62. The van der Waals surface area contributed by atoms with Gasteiger partial charge in [-0.3, -0.25) is 4.90 Å². The van der Waals surface area contributed by atoms with Gasteiger partial charge in [0.05, 0.1) is 24.4 Å². The Bertz CT molecular complexity index is 1200. The zero-order chi connectivity index (χ0) is 20.5. The van der Waals surface area contributed by atoms with Gasteiger partial charge in [-0.2, -0.15) is 5.10 Å². The van der Waals surface area contributed by atoms with E-state index in [1.54, 1.807) is 0 Å². The number of benzene rings is 2. The number of aromatic nitrogens is 3. The summed E-state index contributed by atoms with van der Waals surface area (Å²) >= 11 is 6.48. The summed E-state index contributed by atoms with van der Waals surface area (Å²) in [5, 5.41) is 9.73. The molecule has 1 aliphatic rings. The fourth-order valence-electron chi connectivity index (χ4n) is 3.98. The molecule has 1 fully saturated rings. The molecule has 0 radical (unpaired) electrons. The minimum absolute atomic E-state index is 0.594. The number of anilines is 1. The molecule has 1 aliphatic heterocycles. The second-order valence-electron chi connectivity index (χ2n) is 7.62. The third-order valence-electron chi connectivity index (χ3n) is 5.63. The predicted octanol–water partition coefficient (Wildman–Crippen LogP) is 4.29. The average molecular weight is 422 g/mol. The van der Waals surface area contributed by atoms with Gasteiger partial charge in [0, 0.05) is 31.6 Å². The molecule has 0 unspecified atom stereocenters. The van der Waals surface area contributed by atoms with Crippen LogP contribution >= 0.6 is 11.6 Å². The summed E-state index contributed by atoms with van der Waals surface area (Å²) in [5.74, 6) is 0.820. The van der Waals surface area contributed by atoms with Crippen molar-refractivity contribution in [1.82, 2.24) is 19.5 Å². The van der Waals surface area contributed by atoms with E-state index >= 15 is 0 Å². The molecule has 2 aromatic heterocycles. The minimum Gasteiger partial charge on any atom is -0.379 e. The number of hydrogen-bond donors (Lipinski definition) is 1. The van der Waals surface area contributed by atoms with Gasteiger partial charge in [0.2, 0.25) is 0 Å². The molecule has 30 heavy (non-hydrogen) atoms. The van der Waals surface area contributed by atoms with Gasteiger partial charge in [0.15, 0.2) is 5.65 Å². The molecule has 5 rings (SSSR count). The van der Waals surface area contributed by atoms with Gasteiger partial charge in [0.1, 0.15) is 10.8 Å². The van der Waals surface area contributed by atoms with Crippen LogP contribution < -0.4 is 5.32 Å². The molecule has 154 valence electrons. The van der Waals surface area contributed by atoms with Crippen LogP contribution in [0.1, 0.15) is 16.8 Å². The first-order valence-corrected chi connectivity index (χ1v) is 10.6. The van der Waals surface area contributed by atoms with Gasteiger partial charge in [-0.25, -0.2) is 9.50 Å². The Balaban J connectivity index is 1.46. The number of nitrogens with one attached hydrogen (secondary N) is 1. The molecule has 0 aliphatic carbocycles. The summed E-state index contributed by atoms with van der Waals surface area (Å²) in [6, 6.07) is 16.7. The summed E-state index contributed by atoms with van der Waals surface area (Å²) in [6.45, 7) is 7.10. The molecule has 0 bridgehead atoms. The number of ether oxygens (including phenoxy) is 1. The lowest BCUT2D eigenvalue weighted by molar-refractivity contribution is 0.0341. The van der Waals surface area contributed by atoms with Crippen molar-refractivity contribution in [3.63, 3.8) is 0 Å². The fraction of sp³-hybridized carbons (Fsp3) is 0.304. The molecule has 3 heterocycles. The van der Waals surface area contributed by atoms with E-state index in [9.17, 15) is 0 Å². The van der Waals surface area contributed by atoms with Crippen LogP contribution in [-0.2, 0) is 17.8 Å². The Hall–Kier alpha value is -2.67. The van der Waals surface area contributed by atoms with Crippen molar-refractivity contribution in [1.29, 1.82) is 0 Å². The van der Waals surface area contributed by atoms with E-state index in [1.807, 2.05) is 29.6 Å². The van der Waals surface area contributed by atoms with Gasteiger partial charge in [0.25, 0.3) is 0 Å². The highest BCUT2D eigenvalue weighted by Crippen LogP contribution is 2.28. The van der Waals surface area contributed by atoms with Gasteiger partial charge in [-0.1, -0.05) is 48.0 Å². The Morgan fingerprint density at radius 1 is 1.03 bits per heavy atom. The maximum atomic E-state index is 6.48. The molecule has 4 aromatic rings.